The molecule has 1 aliphatic heterocycles. The third-order valence-corrected chi connectivity index (χ3v) is 3.99. The van der Waals surface area contributed by atoms with Crippen LogP contribution < -0.4 is 10.6 Å². The normalized spacial score (nSPS) is 25.5. The van der Waals surface area contributed by atoms with Crippen molar-refractivity contribution in [2.45, 2.75) is 25.8 Å². The van der Waals surface area contributed by atoms with Gasteiger partial charge in [0.05, 0.1) is 6.04 Å². The van der Waals surface area contributed by atoms with Gasteiger partial charge >= 0.3 is 0 Å². The fourth-order valence-electron chi connectivity index (χ4n) is 3.02. The number of rotatable bonds is 4. The molecule has 0 spiro atoms. The van der Waals surface area contributed by atoms with Gasteiger partial charge in [0, 0.05) is 23.4 Å². The van der Waals surface area contributed by atoms with Crippen molar-refractivity contribution < 1.29 is 4.79 Å². The zero-order valence-corrected chi connectivity index (χ0v) is 12.2. The number of benzene rings is 1. The number of carbonyl (C=O) groups is 1. The van der Waals surface area contributed by atoms with Crippen LogP contribution >= 0.6 is 0 Å². The van der Waals surface area contributed by atoms with Gasteiger partial charge in [0.15, 0.2) is 0 Å². The zero-order valence-electron chi connectivity index (χ0n) is 12.2. The predicted molar refractivity (Wildman–Crippen MR) is 85.7 cm³/mol. The Bertz CT molecular complexity index is 613. The number of hydrogen-bond donors (Lipinski definition) is 2. The van der Waals surface area contributed by atoms with E-state index in [2.05, 4.69) is 35.8 Å². The van der Waals surface area contributed by atoms with Gasteiger partial charge in [-0.15, -0.1) is 0 Å². The second kappa shape index (κ2) is 6.00. The number of fused-ring (bicyclic) bond motifs is 1. The molecule has 3 rings (SSSR count). The van der Waals surface area contributed by atoms with Crippen LogP contribution in [0.5, 0.6) is 0 Å². The van der Waals surface area contributed by atoms with Crippen LogP contribution in [-0.2, 0) is 4.79 Å². The highest BCUT2D eigenvalue weighted by Gasteiger charge is 2.38. The van der Waals surface area contributed by atoms with Crippen LogP contribution in [0.15, 0.2) is 65.9 Å². The minimum atomic E-state index is 0.0296. The van der Waals surface area contributed by atoms with E-state index in [-0.39, 0.29) is 17.9 Å². The highest BCUT2D eigenvalue weighted by Crippen LogP contribution is 2.35. The van der Waals surface area contributed by atoms with Crippen molar-refractivity contribution in [2.24, 2.45) is 5.92 Å². The Morgan fingerprint density at radius 3 is 2.86 bits per heavy atom. The third-order valence-electron chi connectivity index (χ3n) is 3.99. The highest BCUT2D eigenvalue weighted by molar-refractivity contribution is 5.98. The van der Waals surface area contributed by atoms with Crippen LogP contribution in [0.1, 0.15) is 19.8 Å². The van der Waals surface area contributed by atoms with Gasteiger partial charge in [0.1, 0.15) is 0 Å². The molecule has 0 saturated carbocycles. The number of amides is 1. The van der Waals surface area contributed by atoms with Crippen molar-refractivity contribution in [3.63, 3.8) is 0 Å². The first-order chi connectivity index (χ1) is 10.3. The van der Waals surface area contributed by atoms with Crippen molar-refractivity contribution in [3.05, 3.63) is 65.9 Å². The number of anilines is 1. The number of nitrogens with one attached hydrogen (secondary N) is 2. The van der Waals surface area contributed by atoms with Gasteiger partial charge < -0.3 is 10.6 Å². The van der Waals surface area contributed by atoms with E-state index in [1.807, 2.05) is 36.5 Å². The van der Waals surface area contributed by atoms with Crippen molar-refractivity contribution in [1.29, 1.82) is 0 Å². The molecule has 1 heterocycles. The quantitative estimate of drug-likeness (QED) is 0.830. The Balaban J connectivity index is 1.85. The summed E-state index contributed by atoms with van der Waals surface area (Å²) in [4.78, 5) is 12.2. The maximum atomic E-state index is 12.2. The van der Waals surface area contributed by atoms with Gasteiger partial charge in [0.25, 0.3) is 0 Å². The summed E-state index contributed by atoms with van der Waals surface area (Å²) < 4.78 is 0. The fourth-order valence-corrected chi connectivity index (χ4v) is 3.02. The number of carbonyl (C=O) groups excluding carboxylic acids is 1. The zero-order chi connectivity index (χ0) is 14.7. The lowest BCUT2D eigenvalue weighted by molar-refractivity contribution is -0.116. The molecule has 2 unspecified atom stereocenters. The Labute approximate surface area is 125 Å². The van der Waals surface area contributed by atoms with Crippen LogP contribution in [0.3, 0.4) is 0 Å². The minimum Gasteiger partial charge on any atom is -0.361 e. The lowest BCUT2D eigenvalue weighted by Crippen LogP contribution is -2.28. The van der Waals surface area contributed by atoms with E-state index in [0.29, 0.717) is 0 Å². The monoisotopic (exact) mass is 280 g/mol. The third kappa shape index (κ3) is 2.77. The maximum Gasteiger partial charge on any atom is 0.249 e. The van der Waals surface area contributed by atoms with E-state index in [0.717, 1.165) is 24.1 Å². The largest absolute Gasteiger partial charge is 0.361 e. The average molecular weight is 280 g/mol. The van der Waals surface area contributed by atoms with Crippen molar-refractivity contribution >= 4 is 11.6 Å². The maximum absolute atomic E-state index is 12.2. The molecular weight excluding hydrogens is 260 g/mol. The van der Waals surface area contributed by atoms with E-state index in [1.54, 1.807) is 0 Å². The molecule has 1 aromatic carbocycles. The van der Waals surface area contributed by atoms with Crippen LogP contribution in [0.4, 0.5) is 5.69 Å². The predicted octanol–water partition coefficient (Wildman–Crippen LogP) is 3.39. The van der Waals surface area contributed by atoms with E-state index in [4.69, 9.17) is 0 Å². The number of hydrogen-bond acceptors (Lipinski definition) is 2. The molecule has 3 heteroatoms. The Morgan fingerprint density at radius 1 is 1.29 bits per heavy atom. The molecule has 2 atom stereocenters. The SMILES string of the molecule is CCCC1=CC=CC2NC(=O)/C(=C\Nc3ccccc3)C12. The molecule has 0 radical (unpaired) electrons. The molecule has 1 amide bonds. The molecule has 2 aliphatic rings. The molecule has 1 fully saturated rings. The lowest BCUT2D eigenvalue weighted by atomic mass is 9.83. The molecule has 3 nitrogen and oxygen atoms in total. The molecule has 2 N–H and O–H groups in total. The first-order valence-corrected chi connectivity index (χ1v) is 7.49. The van der Waals surface area contributed by atoms with E-state index in [1.165, 1.54) is 5.57 Å². The standard InChI is InChI=1S/C18H20N2O/c1-2-7-13-8-6-11-16-17(13)15(18(21)20-16)12-19-14-9-4-3-5-10-14/h3-6,8-12,16-17,19H,2,7H2,1H3,(H,20,21)/b15-12-. The second-order valence-corrected chi connectivity index (χ2v) is 5.46. The molecule has 108 valence electrons. The van der Waals surface area contributed by atoms with E-state index >= 15 is 0 Å². The fraction of sp³-hybridized carbons (Fsp3) is 0.278. The summed E-state index contributed by atoms with van der Waals surface area (Å²) in [6.07, 6.45) is 10.3. The Hall–Kier alpha value is -2.29. The Morgan fingerprint density at radius 2 is 2.10 bits per heavy atom. The average Bonchev–Trinajstić information content (AvgIpc) is 2.83. The van der Waals surface area contributed by atoms with Crippen molar-refractivity contribution in [1.82, 2.24) is 5.32 Å². The second-order valence-electron chi connectivity index (χ2n) is 5.46. The molecular formula is C18H20N2O. The number of para-hydroxylation sites is 1. The minimum absolute atomic E-state index is 0.0296. The highest BCUT2D eigenvalue weighted by atomic mass is 16.2. The smallest absolute Gasteiger partial charge is 0.249 e. The summed E-state index contributed by atoms with van der Waals surface area (Å²) in [5.41, 5.74) is 3.16. The summed E-state index contributed by atoms with van der Waals surface area (Å²) in [5, 5.41) is 6.29. The van der Waals surface area contributed by atoms with Gasteiger partial charge in [-0.2, -0.15) is 0 Å². The van der Waals surface area contributed by atoms with Crippen molar-refractivity contribution in [3.8, 4) is 0 Å². The lowest BCUT2D eigenvalue weighted by Gasteiger charge is -2.22. The van der Waals surface area contributed by atoms with Crippen molar-refractivity contribution in [2.75, 3.05) is 5.32 Å². The van der Waals surface area contributed by atoms with Gasteiger partial charge in [-0.05, 0) is 18.6 Å². The number of allylic oxidation sites excluding steroid dienone is 2. The summed E-state index contributed by atoms with van der Waals surface area (Å²) in [7, 11) is 0. The summed E-state index contributed by atoms with van der Waals surface area (Å²) in [5.74, 6) is 0.195. The first-order valence-electron chi connectivity index (χ1n) is 7.49. The topological polar surface area (TPSA) is 41.1 Å². The van der Waals surface area contributed by atoms with Crippen LogP contribution in [-0.4, -0.2) is 11.9 Å². The van der Waals surface area contributed by atoms with Gasteiger partial charge in [-0.3, -0.25) is 4.79 Å². The van der Waals surface area contributed by atoms with E-state index < -0.39 is 0 Å². The van der Waals surface area contributed by atoms with Gasteiger partial charge in [-0.25, -0.2) is 0 Å². The van der Waals surface area contributed by atoms with Crippen LogP contribution in [0.25, 0.3) is 0 Å². The molecule has 1 aromatic rings. The van der Waals surface area contributed by atoms with Crippen LogP contribution in [0, 0.1) is 5.92 Å². The summed E-state index contributed by atoms with van der Waals surface area (Å²) in [6.45, 7) is 2.17. The summed E-state index contributed by atoms with van der Waals surface area (Å²) >= 11 is 0. The molecule has 1 saturated heterocycles. The molecule has 21 heavy (non-hydrogen) atoms. The molecule has 1 aliphatic carbocycles. The Kier molecular flexibility index (Phi) is 3.91. The van der Waals surface area contributed by atoms with Gasteiger partial charge in [-0.1, -0.05) is 55.3 Å². The molecule has 0 aromatic heterocycles. The van der Waals surface area contributed by atoms with Crippen LogP contribution in [0.2, 0.25) is 0 Å². The van der Waals surface area contributed by atoms with Gasteiger partial charge in [0.2, 0.25) is 5.91 Å². The first kappa shape index (κ1) is 13.7. The van der Waals surface area contributed by atoms with E-state index in [9.17, 15) is 4.79 Å². The summed E-state index contributed by atoms with van der Waals surface area (Å²) in [6, 6.07) is 10.0. The molecule has 0 bridgehead atoms.